The van der Waals surface area contributed by atoms with Gasteiger partial charge in [0.25, 0.3) is 0 Å². The minimum absolute atomic E-state index is 0.164. The van der Waals surface area contributed by atoms with Crippen molar-refractivity contribution < 1.29 is 18.7 Å². The molecular weight excluding hydrogens is 472 g/mol. The van der Waals surface area contributed by atoms with Gasteiger partial charge in [-0.1, -0.05) is 0 Å². The van der Waals surface area contributed by atoms with Gasteiger partial charge >= 0.3 is 0 Å². The molecule has 3 N–H and O–H groups in total. The number of amides is 1. The van der Waals surface area contributed by atoms with Gasteiger partial charge in [-0.05, 0) is 37.5 Å². The first-order valence-corrected chi connectivity index (χ1v) is 12.7. The van der Waals surface area contributed by atoms with Crippen LogP contribution in [0.15, 0.2) is 41.1 Å². The Morgan fingerprint density at radius 3 is 2.78 bits per heavy atom. The first kappa shape index (κ1) is 22.4. The van der Waals surface area contributed by atoms with Crippen molar-refractivity contribution in [2.24, 2.45) is 5.73 Å². The molecule has 0 radical (unpaired) electrons. The molecule has 10 nitrogen and oxygen atoms in total. The SMILES string of the molecule is CNc1ncc(-c2nc3cc(OC4CN(C5CCOC5)C4)ccc3o2)c2cc(C3(C(N)=O)CC3)ncc12. The third kappa shape index (κ3) is 3.70. The summed E-state index contributed by atoms with van der Waals surface area (Å²) in [4.78, 5) is 28.5. The van der Waals surface area contributed by atoms with Crippen molar-refractivity contribution in [3.63, 3.8) is 0 Å². The summed E-state index contributed by atoms with van der Waals surface area (Å²) in [5.74, 6) is 1.57. The molecule has 4 aromatic rings. The molecule has 1 atom stereocenters. The summed E-state index contributed by atoms with van der Waals surface area (Å²) in [5.41, 5.74) is 7.80. The molecule has 5 heterocycles. The number of carbonyl (C=O) groups is 1. The summed E-state index contributed by atoms with van der Waals surface area (Å²) >= 11 is 0. The van der Waals surface area contributed by atoms with Crippen LogP contribution in [0.5, 0.6) is 5.75 Å². The lowest BCUT2D eigenvalue weighted by Gasteiger charge is -2.42. The molecule has 1 aromatic carbocycles. The third-order valence-electron chi connectivity index (χ3n) is 7.91. The maximum Gasteiger partial charge on any atom is 0.229 e. The van der Waals surface area contributed by atoms with Gasteiger partial charge in [0.15, 0.2) is 5.58 Å². The van der Waals surface area contributed by atoms with Crippen LogP contribution in [-0.4, -0.2) is 71.3 Å². The van der Waals surface area contributed by atoms with Gasteiger partial charge in [-0.3, -0.25) is 14.7 Å². The van der Waals surface area contributed by atoms with Crippen LogP contribution >= 0.6 is 0 Å². The summed E-state index contributed by atoms with van der Waals surface area (Å²) < 4.78 is 17.9. The highest BCUT2D eigenvalue weighted by Gasteiger charge is 2.51. The number of pyridine rings is 2. The van der Waals surface area contributed by atoms with Crippen molar-refractivity contribution in [2.45, 2.75) is 36.8 Å². The second-order valence-corrected chi connectivity index (χ2v) is 10.2. The van der Waals surface area contributed by atoms with Crippen LogP contribution in [0.4, 0.5) is 5.82 Å². The summed E-state index contributed by atoms with van der Waals surface area (Å²) in [5, 5.41) is 4.78. The molecule has 1 aliphatic carbocycles. The Hall–Kier alpha value is -3.76. The summed E-state index contributed by atoms with van der Waals surface area (Å²) in [6, 6.07) is 8.17. The van der Waals surface area contributed by atoms with Crippen molar-refractivity contribution in [3.05, 3.63) is 42.4 Å². The fourth-order valence-corrected chi connectivity index (χ4v) is 5.46. The lowest BCUT2D eigenvalue weighted by atomic mass is 9.98. The molecule has 1 saturated carbocycles. The molecule has 2 aliphatic heterocycles. The van der Waals surface area contributed by atoms with Crippen LogP contribution in [0, 0.1) is 0 Å². The number of nitrogens with zero attached hydrogens (tertiary/aromatic N) is 4. The van der Waals surface area contributed by atoms with E-state index >= 15 is 0 Å². The zero-order chi connectivity index (χ0) is 25.1. The van der Waals surface area contributed by atoms with E-state index in [4.69, 9.17) is 24.6 Å². The van der Waals surface area contributed by atoms with E-state index in [-0.39, 0.29) is 12.0 Å². The first-order valence-electron chi connectivity index (χ1n) is 12.7. The molecule has 3 aromatic heterocycles. The molecule has 2 saturated heterocycles. The van der Waals surface area contributed by atoms with E-state index in [1.54, 1.807) is 12.4 Å². The highest BCUT2D eigenvalue weighted by molar-refractivity contribution is 6.01. The molecule has 1 unspecified atom stereocenters. The summed E-state index contributed by atoms with van der Waals surface area (Å²) in [7, 11) is 1.81. The lowest BCUT2D eigenvalue weighted by molar-refractivity contribution is -0.120. The average molecular weight is 501 g/mol. The van der Waals surface area contributed by atoms with E-state index < -0.39 is 5.41 Å². The van der Waals surface area contributed by atoms with Gasteiger partial charge in [0, 0.05) is 62.0 Å². The van der Waals surface area contributed by atoms with Gasteiger partial charge in [-0.15, -0.1) is 0 Å². The lowest BCUT2D eigenvalue weighted by Crippen LogP contribution is -2.57. The van der Waals surface area contributed by atoms with E-state index in [0.717, 1.165) is 54.8 Å². The van der Waals surface area contributed by atoms with Crippen LogP contribution < -0.4 is 15.8 Å². The van der Waals surface area contributed by atoms with Crippen LogP contribution in [-0.2, 0) is 14.9 Å². The first-order chi connectivity index (χ1) is 18.0. The zero-order valence-corrected chi connectivity index (χ0v) is 20.6. The fraction of sp³-hybridized carbons (Fsp3) is 0.407. The number of oxazole rings is 1. The van der Waals surface area contributed by atoms with Crippen LogP contribution in [0.2, 0.25) is 0 Å². The molecule has 3 aliphatic rings. The van der Waals surface area contributed by atoms with Gasteiger partial charge in [-0.2, -0.15) is 0 Å². The van der Waals surface area contributed by atoms with Crippen molar-refractivity contribution in [2.75, 3.05) is 38.7 Å². The van der Waals surface area contributed by atoms with Gasteiger partial charge in [0.05, 0.1) is 23.3 Å². The van der Waals surface area contributed by atoms with Crippen LogP contribution in [0.1, 0.15) is 25.0 Å². The van der Waals surface area contributed by atoms with Gasteiger partial charge in [-0.25, -0.2) is 9.97 Å². The van der Waals surface area contributed by atoms with E-state index in [2.05, 4.69) is 20.2 Å². The topological polar surface area (TPSA) is 129 Å². The largest absolute Gasteiger partial charge is 0.488 e. The number of fused-ring (bicyclic) bond motifs is 2. The quantitative estimate of drug-likeness (QED) is 0.393. The maximum atomic E-state index is 12.1. The molecule has 7 rings (SSSR count). The number of hydrogen-bond acceptors (Lipinski definition) is 9. The maximum absolute atomic E-state index is 12.1. The standard InChI is InChI=1S/C27H28N6O4/c1-29-24-19-10-30-23(27(5-6-27)26(28)34)9-18(19)20(11-31-24)25-32-21-8-16(2-3-22(21)37-25)36-17-12-33(13-17)15-4-7-35-14-15/h2-3,8-11,15,17H,4-7,12-14H2,1H3,(H2,28,34)(H,29,31). The fourth-order valence-electron chi connectivity index (χ4n) is 5.46. The second-order valence-electron chi connectivity index (χ2n) is 10.2. The van der Waals surface area contributed by atoms with Gasteiger partial charge in [0.2, 0.25) is 11.8 Å². The van der Waals surface area contributed by atoms with E-state index in [1.165, 1.54) is 0 Å². The number of aromatic nitrogens is 3. The minimum atomic E-state index is -0.691. The monoisotopic (exact) mass is 500 g/mol. The zero-order valence-electron chi connectivity index (χ0n) is 20.6. The normalized spacial score (nSPS) is 21.3. The number of ether oxygens (including phenoxy) is 2. The Labute approximate surface area is 213 Å². The minimum Gasteiger partial charge on any atom is -0.488 e. The molecule has 3 fully saturated rings. The number of anilines is 1. The number of rotatable bonds is 7. The molecule has 0 bridgehead atoms. The molecule has 1 amide bonds. The van der Waals surface area contributed by atoms with Gasteiger partial charge < -0.3 is 24.9 Å². The number of primary amides is 1. The average Bonchev–Trinajstić information content (AvgIpc) is 3.33. The summed E-state index contributed by atoms with van der Waals surface area (Å²) in [6.07, 6.45) is 6.15. The number of likely N-dealkylation sites (tertiary alicyclic amines) is 1. The van der Waals surface area contributed by atoms with Crippen molar-refractivity contribution in [1.29, 1.82) is 0 Å². The molecule has 190 valence electrons. The molecular formula is C27H28N6O4. The predicted molar refractivity (Wildman–Crippen MR) is 137 cm³/mol. The smallest absolute Gasteiger partial charge is 0.229 e. The van der Waals surface area contributed by atoms with Crippen molar-refractivity contribution >= 4 is 33.6 Å². The number of nitrogens with two attached hydrogens (primary N) is 1. The van der Waals surface area contributed by atoms with Crippen LogP contribution in [0.3, 0.4) is 0 Å². The van der Waals surface area contributed by atoms with Crippen molar-refractivity contribution in [3.8, 4) is 17.2 Å². The Morgan fingerprint density at radius 1 is 1.19 bits per heavy atom. The molecule has 10 heteroatoms. The number of carbonyl (C=O) groups excluding carboxylic acids is 1. The highest BCUT2D eigenvalue weighted by atomic mass is 16.5. The third-order valence-corrected chi connectivity index (χ3v) is 7.91. The van der Waals surface area contributed by atoms with Crippen LogP contribution in [0.25, 0.3) is 33.3 Å². The number of benzene rings is 1. The Balaban J connectivity index is 1.19. The number of hydrogen-bond donors (Lipinski definition) is 2. The van der Waals surface area contributed by atoms with E-state index in [0.29, 0.717) is 47.4 Å². The van der Waals surface area contributed by atoms with Crippen molar-refractivity contribution in [1.82, 2.24) is 19.9 Å². The predicted octanol–water partition coefficient (Wildman–Crippen LogP) is 2.85. The van der Waals surface area contributed by atoms with E-state index in [1.807, 2.05) is 31.3 Å². The second kappa shape index (κ2) is 8.39. The Morgan fingerprint density at radius 2 is 2.05 bits per heavy atom. The number of nitrogens with one attached hydrogen (secondary N) is 1. The summed E-state index contributed by atoms with van der Waals surface area (Å²) in [6.45, 7) is 3.49. The van der Waals surface area contributed by atoms with Gasteiger partial charge in [0.1, 0.15) is 23.2 Å². The van der Waals surface area contributed by atoms with E-state index in [9.17, 15) is 4.79 Å². The Kier molecular flexibility index (Phi) is 5.09. The Bertz CT molecular complexity index is 1520. The molecule has 0 spiro atoms. The molecule has 37 heavy (non-hydrogen) atoms. The highest BCUT2D eigenvalue weighted by Crippen LogP contribution is 2.48.